The average Bonchev–Trinajstić information content (AvgIpc) is 2.97. The quantitative estimate of drug-likeness (QED) is 0.842. The Morgan fingerprint density at radius 3 is 2.73 bits per heavy atom. The lowest BCUT2D eigenvalue weighted by Crippen LogP contribution is -2.50. The van der Waals surface area contributed by atoms with E-state index in [0.717, 1.165) is 43.0 Å². The lowest BCUT2D eigenvalue weighted by molar-refractivity contribution is -0.126. The van der Waals surface area contributed by atoms with Crippen molar-refractivity contribution in [2.75, 3.05) is 20.2 Å². The van der Waals surface area contributed by atoms with Crippen molar-refractivity contribution >= 4 is 5.91 Å². The number of ether oxygens (including phenoxy) is 2. The highest BCUT2D eigenvalue weighted by molar-refractivity contribution is 5.80. The molecular formula is C17H24N2O3. The molecule has 22 heavy (non-hydrogen) atoms. The Balaban J connectivity index is 1.69. The molecule has 1 aliphatic carbocycles. The molecule has 1 saturated carbocycles. The van der Waals surface area contributed by atoms with Gasteiger partial charge in [-0.3, -0.25) is 4.79 Å². The number of benzene rings is 1. The van der Waals surface area contributed by atoms with Crippen molar-refractivity contribution in [3.63, 3.8) is 0 Å². The van der Waals surface area contributed by atoms with Gasteiger partial charge in [-0.1, -0.05) is 12.1 Å². The van der Waals surface area contributed by atoms with E-state index in [1.54, 1.807) is 7.11 Å². The van der Waals surface area contributed by atoms with Crippen molar-refractivity contribution in [2.24, 2.45) is 5.92 Å². The van der Waals surface area contributed by atoms with E-state index in [0.29, 0.717) is 6.54 Å². The van der Waals surface area contributed by atoms with Crippen molar-refractivity contribution in [1.29, 1.82) is 0 Å². The molecule has 0 aromatic heterocycles. The summed E-state index contributed by atoms with van der Waals surface area (Å²) in [7, 11) is 1.65. The molecule has 3 rings (SSSR count). The third-order valence-electron chi connectivity index (χ3n) is 4.47. The van der Waals surface area contributed by atoms with Crippen molar-refractivity contribution in [1.82, 2.24) is 10.6 Å². The molecule has 0 atom stereocenters. The second-order valence-electron chi connectivity index (χ2n) is 6.05. The molecule has 2 N–H and O–H groups in total. The number of para-hydroxylation sites is 1. The van der Waals surface area contributed by atoms with Crippen LogP contribution in [0.25, 0.3) is 0 Å². The normalized spacial score (nSPS) is 18.8. The number of rotatable bonds is 6. The Morgan fingerprint density at radius 1 is 1.32 bits per heavy atom. The summed E-state index contributed by atoms with van der Waals surface area (Å²) in [5, 5.41) is 6.12. The SMILES string of the molecule is COc1cccc(CNC(=O)C2CNC2)c1OC1CCCC1. The first-order valence-corrected chi connectivity index (χ1v) is 8.09. The van der Waals surface area contributed by atoms with E-state index in [1.165, 1.54) is 12.8 Å². The molecule has 2 fully saturated rings. The maximum Gasteiger partial charge on any atom is 0.225 e. The number of hydrogen-bond donors (Lipinski definition) is 2. The van der Waals surface area contributed by atoms with Gasteiger partial charge in [-0.25, -0.2) is 0 Å². The summed E-state index contributed by atoms with van der Waals surface area (Å²) in [5.74, 6) is 1.73. The molecule has 0 spiro atoms. The Hall–Kier alpha value is -1.75. The van der Waals surface area contributed by atoms with Crippen LogP contribution in [0.3, 0.4) is 0 Å². The van der Waals surface area contributed by atoms with Crippen molar-refractivity contribution in [3.8, 4) is 11.5 Å². The van der Waals surface area contributed by atoms with Crippen LogP contribution < -0.4 is 20.1 Å². The largest absolute Gasteiger partial charge is 0.493 e. The van der Waals surface area contributed by atoms with Gasteiger partial charge in [-0.2, -0.15) is 0 Å². The summed E-state index contributed by atoms with van der Waals surface area (Å²) in [6, 6.07) is 5.84. The fraction of sp³-hybridized carbons (Fsp3) is 0.588. The fourth-order valence-electron chi connectivity index (χ4n) is 2.97. The van der Waals surface area contributed by atoms with Gasteiger partial charge in [0, 0.05) is 25.2 Å². The first-order chi connectivity index (χ1) is 10.8. The van der Waals surface area contributed by atoms with Crippen molar-refractivity contribution in [3.05, 3.63) is 23.8 Å². The van der Waals surface area contributed by atoms with E-state index in [1.807, 2.05) is 18.2 Å². The highest BCUT2D eigenvalue weighted by atomic mass is 16.5. The molecule has 0 radical (unpaired) electrons. The molecule has 0 bridgehead atoms. The predicted molar refractivity (Wildman–Crippen MR) is 84.1 cm³/mol. The monoisotopic (exact) mass is 304 g/mol. The van der Waals surface area contributed by atoms with E-state index in [4.69, 9.17) is 9.47 Å². The zero-order valence-electron chi connectivity index (χ0n) is 13.1. The molecule has 1 aromatic carbocycles. The number of carbonyl (C=O) groups is 1. The van der Waals surface area contributed by atoms with Gasteiger partial charge in [-0.05, 0) is 31.7 Å². The van der Waals surface area contributed by atoms with Crippen LogP contribution in [0.5, 0.6) is 11.5 Å². The van der Waals surface area contributed by atoms with Crippen LogP contribution in [0.1, 0.15) is 31.2 Å². The summed E-state index contributed by atoms with van der Waals surface area (Å²) in [4.78, 5) is 12.0. The van der Waals surface area contributed by atoms with E-state index in [-0.39, 0.29) is 17.9 Å². The molecule has 5 heteroatoms. The lowest BCUT2D eigenvalue weighted by Gasteiger charge is -2.26. The summed E-state index contributed by atoms with van der Waals surface area (Å²) >= 11 is 0. The highest BCUT2D eigenvalue weighted by Gasteiger charge is 2.25. The summed E-state index contributed by atoms with van der Waals surface area (Å²) in [6.07, 6.45) is 4.90. The first kappa shape index (κ1) is 15.2. The van der Waals surface area contributed by atoms with E-state index in [2.05, 4.69) is 10.6 Å². The maximum atomic E-state index is 12.0. The van der Waals surface area contributed by atoms with Crippen LogP contribution in [0.15, 0.2) is 18.2 Å². The van der Waals surface area contributed by atoms with Crippen molar-refractivity contribution in [2.45, 2.75) is 38.3 Å². The zero-order chi connectivity index (χ0) is 15.4. The van der Waals surface area contributed by atoms with Crippen LogP contribution in [0, 0.1) is 5.92 Å². The van der Waals surface area contributed by atoms with Crippen molar-refractivity contribution < 1.29 is 14.3 Å². The van der Waals surface area contributed by atoms with Crippen LogP contribution in [-0.4, -0.2) is 32.2 Å². The smallest absolute Gasteiger partial charge is 0.225 e. The number of methoxy groups -OCH3 is 1. The molecule has 2 aliphatic rings. The van der Waals surface area contributed by atoms with Gasteiger partial charge in [0.05, 0.1) is 19.1 Å². The van der Waals surface area contributed by atoms with Gasteiger partial charge in [0.25, 0.3) is 0 Å². The van der Waals surface area contributed by atoms with Gasteiger partial charge >= 0.3 is 0 Å². The van der Waals surface area contributed by atoms with Crippen LogP contribution in [0.2, 0.25) is 0 Å². The third-order valence-corrected chi connectivity index (χ3v) is 4.47. The van der Waals surface area contributed by atoms with Gasteiger partial charge in [0.15, 0.2) is 11.5 Å². The second-order valence-corrected chi connectivity index (χ2v) is 6.05. The van der Waals surface area contributed by atoms with Crippen LogP contribution in [-0.2, 0) is 11.3 Å². The minimum Gasteiger partial charge on any atom is -0.493 e. The molecule has 1 amide bonds. The second kappa shape index (κ2) is 7.01. The minimum atomic E-state index is 0.102. The number of nitrogens with one attached hydrogen (secondary N) is 2. The summed E-state index contributed by atoms with van der Waals surface area (Å²) in [5.41, 5.74) is 0.979. The molecule has 120 valence electrons. The molecule has 5 nitrogen and oxygen atoms in total. The molecule has 0 unspecified atom stereocenters. The molecule has 1 heterocycles. The summed E-state index contributed by atoms with van der Waals surface area (Å²) in [6.45, 7) is 2.03. The maximum absolute atomic E-state index is 12.0. The van der Waals surface area contributed by atoms with E-state index in [9.17, 15) is 4.79 Å². The molecule has 1 aliphatic heterocycles. The number of carbonyl (C=O) groups excluding carboxylic acids is 1. The fourth-order valence-corrected chi connectivity index (χ4v) is 2.97. The summed E-state index contributed by atoms with van der Waals surface area (Å²) < 4.78 is 11.6. The third kappa shape index (κ3) is 3.35. The van der Waals surface area contributed by atoms with Gasteiger partial charge < -0.3 is 20.1 Å². The van der Waals surface area contributed by atoms with E-state index < -0.39 is 0 Å². The van der Waals surface area contributed by atoms with Crippen LogP contribution >= 0.6 is 0 Å². The average molecular weight is 304 g/mol. The Kier molecular flexibility index (Phi) is 4.83. The van der Waals surface area contributed by atoms with Gasteiger partial charge in [0.1, 0.15) is 0 Å². The highest BCUT2D eigenvalue weighted by Crippen LogP contribution is 2.34. The standard InChI is InChI=1S/C17H24N2O3/c1-21-15-8-4-5-12(11-19-17(20)13-9-18-10-13)16(15)22-14-6-2-3-7-14/h4-5,8,13-14,18H,2-3,6-7,9-11H2,1H3,(H,19,20). The molecule has 1 saturated heterocycles. The number of amides is 1. The zero-order valence-corrected chi connectivity index (χ0v) is 13.1. The molecular weight excluding hydrogens is 280 g/mol. The Bertz CT molecular complexity index is 523. The number of hydrogen-bond acceptors (Lipinski definition) is 4. The first-order valence-electron chi connectivity index (χ1n) is 8.09. The Morgan fingerprint density at radius 2 is 2.09 bits per heavy atom. The van der Waals surface area contributed by atoms with E-state index >= 15 is 0 Å². The Labute approximate surface area is 131 Å². The lowest BCUT2D eigenvalue weighted by atomic mass is 10.0. The molecule has 1 aromatic rings. The predicted octanol–water partition coefficient (Wildman–Crippen LogP) is 1.85. The van der Waals surface area contributed by atoms with Gasteiger partial charge in [-0.15, -0.1) is 0 Å². The van der Waals surface area contributed by atoms with Crippen LogP contribution in [0.4, 0.5) is 0 Å². The topological polar surface area (TPSA) is 59.6 Å². The van der Waals surface area contributed by atoms with Gasteiger partial charge in [0.2, 0.25) is 5.91 Å². The minimum absolute atomic E-state index is 0.102.